The number of hydrogen-bond donors (Lipinski definition) is 2. The molecule has 2 rings (SSSR count). The van der Waals surface area contributed by atoms with Crippen LogP contribution in [0.3, 0.4) is 0 Å². The van der Waals surface area contributed by atoms with E-state index in [1.54, 1.807) is 0 Å². The Morgan fingerprint density at radius 3 is 2.94 bits per heavy atom. The summed E-state index contributed by atoms with van der Waals surface area (Å²) >= 11 is 1.24. The minimum Gasteiger partial charge on any atom is -0.492 e. The second kappa shape index (κ2) is 5.50. The Morgan fingerprint density at radius 2 is 2.28 bits per heavy atom. The summed E-state index contributed by atoms with van der Waals surface area (Å²) < 4.78 is 5.46. The van der Waals surface area contributed by atoms with Crippen LogP contribution in [0.2, 0.25) is 0 Å². The van der Waals surface area contributed by atoms with Gasteiger partial charge in [0.2, 0.25) is 0 Å². The number of carbonyl (C=O) groups is 1. The molecule has 0 saturated heterocycles. The lowest BCUT2D eigenvalue weighted by molar-refractivity contribution is 0.0691. The molecule has 2 N–H and O–H groups in total. The van der Waals surface area contributed by atoms with Crippen LogP contribution < -0.4 is 10.1 Å². The average molecular weight is 264 g/mol. The van der Waals surface area contributed by atoms with Crippen LogP contribution in [-0.2, 0) is 0 Å². The van der Waals surface area contributed by atoms with Gasteiger partial charge in [-0.1, -0.05) is 12.1 Å². The van der Waals surface area contributed by atoms with E-state index in [1.807, 2.05) is 31.2 Å². The Bertz CT molecular complexity index is 554. The standard InChI is InChI=1S/C12H12N2O3S/c1-2-17-10-6-4-3-5-8(10)13-12-14-9(7-18-12)11(15)16/h3-7H,2H2,1H3,(H,13,14)(H,15,16). The van der Waals surface area contributed by atoms with Crippen molar-refractivity contribution >= 4 is 28.1 Å². The number of aromatic carboxylic acids is 1. The van der Waals surface area contributed by atoms with E-state index in [1.165, 1.54) is 16.7 Å². The van der Waals surface area contributed by atoms with Crippen molar-refractivity contribution in [3.05, 3.63) is 35.3 Å². The van der Waals surface area contributed by atoms with Gasteiger partial charge in [0.15, 0.2) is 10.8 Å². The number of ether oxygens (including phenoxy) is 1. The van der Waals surface area contributed by atoms with Crippen LogP contribution >= 0.6 is 11.3 Å². The van der Waals surface area contributed by atoms with Crippen LogP contribution in [0.4, 0.5) is 10.8 Å². The first-order valence-corrected chi connectivity index (χ1v) is 6.26. The van der Waals surface area contributed by atoms with Crippen molar-refractivity contribution in [2.75, 3.05) is 11.9 Å². The van der Waals surface area contributed by atoms with Crippen molar-refractivity contribution in [2.45, 2.75) is 6.92 Å². The van der Waals surface area contributed by atoms with E-state index in [4.69, 9.17) is 9.84 Å². The smallest absolute Gasteiger partial charge is 0.355 e. The van der Waals surface area contributed by atoms with E-state index in [0.29, 0.717) is 17.5 Å². The summed E-state index contributed by atoms with van der Waals surface area (Å²) in [5, 5.41) is 13.9. The molecule has 0 aliphatic heterocycles. The number of para-hydroxylation sites is 2. The fourth-order valence-electron chi connectivity index (χ4n) is 1.40. The lowest BCUT2D eigenvalue weighted by Crippen LogP contribution is -1.99. The third kappa shape index (κ3) is 2.78. The lowest BCUT2D eigenvalue weighted by Gasteiger charge is -2.09. The molecule has 94 valence electrons. The van der Waals surface area contributed by atoms with Crippen LogP contribution in [0.5, 0.6) is 5.75 Å². The van der Waals surface area contributed by atoms with Crippen molar-refractivity contribution in [1.29, 1.82) is 0 Å². The second-order valence-corrected chi connectivity index (χ2v) is 4.26. The average Bonchev–Trinajstić information content (AvgIpc) is 2.81. The number of benzene rings is 1. The van der Waals surface area contributed by atoms with Gasteiger partial charge in [-0.2, -0.15) is 0 Å². The van der Waals surface area contributed by atoms with E-state index in [-0.39, 0.29) is 5.69 Å². The molecular weight excluding hydrogens is 252 g/mol. The molecule has 0 aliphatic carbocycles. The van der Waals surface area contributed by atoms with Crippen LogP contribution in [-0.4, -0.2) is 22.7 Å². The highest BCUT2D eigenvalue weighted by Crippen LogP contribution is 2.28. The maximum atomic E-state index is 10.7. The fourth-order valence-corrected chi connectivity index (χ4v) is 2.09. The number of aromatic nitrogens is 1. The molecule has 1 aromatic carbocycles. The van der Waals surface area contributed by atoms with E-state index in [2.05, 4.69) is 10.3 Å². The SMILES string of the molecule is CCOc1ccccc1Nc1nc(C(=O)O)cs1. The van der Waals surface area contributed by atoms with Gasteiger partial charge in [-0.3, -0.25) is 0 Å². The van der Waals surface area contributed by atoms with Gasteiger partial charge in [0, 0.05) is 5.38 Å². The Hall–Kier alpha value is -2.08. The molecule has 1 heterocycles. The van der Waals surface area contributed by atoms with E-state index >= 15 is 0 Å². The summed E-state index contributed by atoms with van der Waals surface area (Å²) in [7, 11) is 0. The minimum atomic E-state index is -1.03. The second-order valence-electron chi connectivity index (χ2n) is 3.40. The topological polar surface area (TPSA) is 71.5 Å². The van der Waals surface area contributed by atoms with Crippen molar-refractivity contribution in [1.82, 2.24) is 4.98 Å². The molecule has 5 nitrogen and oxygen atoms in total. The maximum absolute atomic E-state index is 10.7. The zero-order valence-corrected chi connectivity index (χ0v) is 10.5. The zero-order chi connectivity index (χ0) is 13.0. The molecule has 1 aromatic heterocycles. The molecule has 0 fully saturated rings. The van der Waals surface area contributed by atoms with E-state index in [9.17, 15) is 4.79 Å². The lowest BCUT2D eigenvalue weighted by atomic mass is 10.3. The minimum absolute atomic E-state index is 0.0383. The van der Waals surface area contributed by atoms with Gasteiger partial charge in [-0.05, 0) is 19.1 Å². The molecule has 0 aliphatic rings. The third-order valence-corrected chi connectivity index (χ3v) is 2.91. The predicted octanol–water partition coefficient (Wildman–Crippen LogP) is 2.98. The monoisotopic (exact) mass is 264 g/mol. The summed E-state index contributed by atoms with van der Waals surface area (Å²) in [4.78, 5) is 14.7. The van der Waals surface area contributed by atoms with Crippen LogP contribution in [0.25, 0.3) is 0 Å². The predicted molar refractivity (Wildman–Crippen MR) is 70.0 cm³/mol. The number of hydrogen-bond acceptors (Lipinski definition) is 5. The van der Waals surface area contributed by atoms with Crippen molar-refractivity contribution in [2.24, 2.45) is 0 Å². The summed E-state index contributed by atoms with van der Waals surface area (Å²) in [5.74, 6) is -0.315. The molecule has 0 saturated carbocycles. The molecule has 0 bridgehead atoms. The van der Waals surface area contributed by atoms with Crippen molar-refractivity contribution in [3.8, 4) is 5.75 Å². The number of carboxylic acid groups (broad SMARTS) is 1. The highest BCUT2D eigenvalue weighted by Gasteiger charge is 2.10. The largest absolute Gasteiger partial charge is 0.492 e. The van der Waals surface area contributed by atoms with Gasteiger partial charge < -0.3 is 15.2 Å². The number of carboxylic acids is 1. The number of anilines is 2. The fraction of sp³-hybridized carbons (Fsp3) is 0.167. The van der Waals surface area contributed by atoms with E-state index < -0.39 is 5.97 Å². The number of nitrogens with one attached hydrogen (secondary N) is 1. The summed E-state index contributed by atoms with van der Waals surface area (Å²) in [6.07, 6.45) is 0. The first kappa shape index (κ1) is 12.4. The quantitative estimate of drug-likeness (QED) is 0.868. The molecule has 0 atom stereocenters. The number of rotatable bonds is 5. The number of thiazole rings is 1. The van der Waals surface area contributed by atoms with Crippen molar-refractivity contribution < 1.29 is 14.6 Å². The van der Waals surface area contributed by atoms with Crippen molar-refractivity contribution in [3.63, 3.8) is 0 Å². The summed E-state index contributed by atoms with van der Waals surface area (Å²) in [5.41, 5.74) is 0.807. The molecule has 0 radical (unpaired) electrons. The Labute approximate surface area is 108 Å². The Kier molecular flexibility index (Phi) is 3.78. The molecule has 0 spiro atoms. The van der Waals surface area contributed by atoms with Crippen LogP contribution in [0, 0.1) is 0 Å². The Balaban J connectivity index is 2.19. The van der Waals surface area contributed by atoms with Gasteiger partial charge in [-0.25, -0.2) is 9.78 Å². The molecule has 0 unspecified atom stereocenters. The van der Waals surface area contributed by atoms with Gasteiger partial charge >= 0.3 is 5.97 Å². The van der Waals surface area contributed by atoms with Gasteiger partial charge in [-0.15, -0.1) is 11.3 Å². The van der Waals surface area contributed by atoms with Gasteiger partial charge in [0.1, 0.15) is 5.75 Å². The highest BCUT2D eigenvalue weighted by molar-refractivity contribution is 7.14. The molecule has 2 aromatic rings. The highest BCUT2D eigenvalue weighted by atomic mass is 32.1. The maximum Gasteiger partial charge on any atom is 0.355 e. The molecule has 6 heteroatoms. The normalized spacial score (nSPS) is 10.1. The first-order chi connectivity index (χ1) is 8.70. The zero-order valence-electron chi connectivity index (χ0n) is 9.71. The molecule has 0 amide bonds. The molecular formula is C12H12N2O3S. The first-order valence-electron chi connectivity index (χ1n) is 5.38. The van der Waals surface area contributed by atoms with E-state index in [0.717, 1.165) is 5.69 Å². The summed E-state index contributed by atoms with van der Waals surface area (Å²) in [6.45, 7) is 2.47. The third-order valence-electron chi connectivity index (χ3n) is 2.15. The van der Waals surface area contributed by atoms with Crippen LogP contribution in [0.15, 0.2) is 29.6 Å². The number of nitrogens with zero attached hydrogens (tertiary/aromatic N) is 1. The van der Waals surface area contributed by atoms with Gasteiger partial charge in [0.25, 0.3) is 0 Å². The Morgan fingerprint density at radius 1 is 1.50 bits per heavy atom. The van der Waals surface area contributed by atoms with Gasteiger partial charge in [0.05, 0.1) is 12.3 Å². The molecule has 18 heavy (non-hydrogen) atoms. The van der Waals surface area contributed by atoms with Crippen LogP contribution in [0.1, 0.15) is 17.4 Å². The summed E-state index contributed by atoms with van der Waals surface area (Å²) in [6, 6.07) is 7.45.